The van der Waals surface area contributed by atoms with Crippen molar-refractivity contribution >= 4 is 21.6 Å². The monoisotopic (exact) mass is 367 g/mol. The quantitative estimate of drug-likeness (QED) is 0.774. The third-order valence-corrected chi connectivity index (χ3v) is 7.20. The molecule has 0 saturated carbocycles. The van der Waals surface area contributed by atoms with E-state index < -0.39 is 10.0 Å². The Morgan fingerprint density at radius 2 is 1.88 bits per heavy atom. The Hall–Kier alpha value is -1.44. The molecule has 2 N–H and O–H groups in total. The van der Waals surface area contributed by atoms with Gasteiger partial charge in [-0.2, -0.15) is 4.31 Å². The molecule has 0 aliphatic carbocycles. The van der Waals surface area contributed by atoms with Gasteiger partial charge in [-0.1, -0.05) is 20.8 Å². The number of nitrogens with one attached hydrogen (secondary N) is 2. The molecule has 0 spiro atoms. The number of sulfonamides is 1. The predicted octanol–water partition coefficient (Wildman–Crippen LogP) is 2.13. The van der Waals surface area contributed by atoms with Crippen LogP contribution in [0.1, 0.15) is 31.9 Å². The molecule has 1 aromatic rings. The third-order valence-electron chi connectivity index (χ3n) is 5.18. The molecule has 1 aliphatic heterocycles. The molecule has 0 bridgehead atoms. The third kappa shape index (κ3) is 4.04. The van der Waals surface area contributed by atoms with Crippen molar-refractivity contribution in [1.29, 1.82) is 0 Å². The van der Waals surface area contributed by atoms with Crippen molar-refractivity contribution < 1.29 is 13.2 Å². The second kappa shape index (κ2) is 7.85. The molecular weight excluding hydrogens is 338 g/mol. The van der Waals surface area contributed by atoms with E-state index in [2.05, 4.69) is 10.6 Å². The molecule has 1 aliphatic rings. The van der Waals surface area contributed by atoms with E-state index in [-0.39, 0.29) is 16.7 Å². The Labute approximate surface area is 151 Å². The molecule has 6 nitrogen and oxygen atoms in total. The van der Waals surface area contributed by atoms with Gasteiger partial charge in [0.2, 0.25) is 15.9 Å². The molecule has 1 fully saturated rings. The Bertz CT molecular complexity index is 738. The first-order chi connectivity index (χ1) is 11.7. The van der Waals surface area contributed by atoms with Gasteiger partial charge in [0.05, 0.1) is 4.90 Å². The van der Waals surface area contributed by atoms with E-state index in [0.717, 1.165) is 24.2 Å². The van der Waals surface area contributed by atoms with Crippen LogP contribution in [0.3, 0.4) is 0 Å². The molecule has 1 atom stereocenters. The lowest BCUT2D eigenvalue weighted by Crippen LogP contribution is -2.48. The molecule has 2 rings (SSSR count). The molecule has 0 aromatic heterocycles. The van der Waals surface area contributed by atoms with Gasteiger partial charge in [-0.15, -0.1) is 0 Å². The summed E-state index contributed by atoms with van der Waals surface area (Å²) in [5, 5.41) is 6.11. The summed E-state index contributed by atoms with van der Waals surface area (Å²) in [6.45, 7) is 11.8. The number of nitrogens with zero attached hydrogens (tertiary/aromatic N) is 1. The lowest BCUT2D eigenvalue weighted by molar-refractivity contribution is -0.121. The molecule has 1 saturated heterocycles. The lowest BCUT2D eigenvalue weighted by atomic mass is 9.88. The van der Waals surface area contributed by atoms with Crippen molar-refractivity contribution in [2.45, 2.75) is 39.5 Å². The summed E-state index contributed by atoms with van der Waals surface area (Å²) in [6, 6.07) is 3.26. The molecule has 140 valence electrons. The van der Waals surface area contributed by atoms with E-state index >= 15 is 0 Å². The van der Waals surface area contributed by atoms with Crippen LogP contribution in [0.5, 0.6) is 0 Å². The first-order valence-corrected chi connectivity index (χ1v) is 10.3. The second-order valence-electron chi connectivity index (χ2n) is 6.70. The van der Waals surface area contributed by atoms with Crippen molar-refractivity contribution in [2.75, 3.05) is 31.5 Å². The van der Waals surface area contributed by atoms with Crippen LogP contribution in [-0.2, 0) is 14.8 Å². The van der Waals surface area contributed by atoms with Crippen LogP contribution in [0, 0.1) is 25.7 Å². The summed E-state index contributed by atoms with van der Waals surface area (Å²) in [4.78, 5) is 12.7. The highest BCUT2D eigenvalue weighted by Crippen LogP contribution is 2.27. The number of amides is 1. The van der Waals surface area contributed by atoms with Gasteiger partial charge in [0.1, 0.15) is 0 Å². The Morgan fingerprint density at radius 3 is 2.36 bits per heavy atom. The summed E-state index contributed by atoms with van der Waals surface area (Å²) in [7, 11) is -3.56. The van der Waals surface area contributed by atoms with Crippen LogP contribution in [0.2, 0.25) is 0 Å². The number of aryl methyl sites for hydroxylation is 1. The SMILES string of the molecule is CCN(CC)S(=O)(=O)c1cc(C)c(C)c(NC(=O)C(C)C2CNC2)c1. The van der Waals surface area contributed by atoms with Gasteiger partial charge in [-0.05, 0) is 56.1 Å². The van der Waals surface area contributed by atoms with Gasteiger partial charge in [-0.3, -0.25) is 4.79 Å². The fraction of sp³-hybridized carbons (Fsp3) is 0.611. The van der Waals surface area contributed by atoms with Crippen molar-refractivity contribution in [1.82, 2.24) is 9.62 Å². The molecule has 0 radical (unpaired) electrons. The number of benzene rings is 1. The van der Waals surface area contributed by atoms with E-state index in [4.69, 9.17) is 0 Å². The molecule has 1 unspecified atom stereocenters. The molecule has 1 heterocycles. The highest BCUT2D eigenvalue weighted by Gasteiger charge is 2.29. The number of carbonyl (C=O) groups is 1. The maximum Gasteiger partial charge on any atom is 0.243 e. The van der Waals surface area contributed by atoms with Gasteiger partial charge in [-0.25, -0.2) is 8.42 Å². The second-order valence-corrected chi connectivity index (χ2v) is 8.64. The van der Waals surface area contributed by atoms with Gasteiger partial charge in [0.25, 0.3) is 0 Å². The van der Waals surface area contributed by atoms with Crippen LogP contribution in [-0.4, -0.2) is 44.8 Å². The largest absolute Gasteiger partial charge is 0.326 e. The fourth-order valence-corrected chi connectivity index (χ4v) is 4.51. The minimum atomic E-state index is -3.56. The maximum absolute atomic E-state index is 12.8. The van der Waals surface area contributed by atoms with Crippen LogP contribution in [0.25, 0.3) is 0 Å². The van der Waals surface area contributed by atoms with Crippen molar-refractivity contribution in [3.8, 4) is 0 Å². The average molecular weight is 368 g/mol. The summed E-state index contributed by atoms with van der Waals surface area (Å²) in [6.07, 6.45) is 0. The Balaban J connectivity index is 2.33. The van der Waals surface area contributed by atoms with E-state index in [1.165, 1.54) is 4.31 Å². The number of hydrogen-bond acceptors (Lipinski definition) is 4. The summed E-state index contributed by atoms with van der Waals surface area (Å²) < 4.78 is 27.0. The zero-order valence-electron chi connectivity index (χ0n) is 15.7. The smallest absolute Gasteiger partial charge is 0.243 e. The maximum atomic E-state index is 12.8. The first kappa shape index (κ1) is 19.9. The molecule has 1 aromatic carbocycles. The van der Waals surface area contributed by atoms with E-state index in [0.29, 0.717) is 24.7 Å². The number of rotatable bonds is 7. The van der Waals surface area contributed by atoms with Gasteiger partial charge < -0.3 is 10.6 Å². The van der Waals surface area contributed by atoms with E-state index in [1.807, 2.05) is 34.6 Å². The van der Waals surface area contributed by atoms with E-state index in [9.17, 15) is 13.2 Å². The van der Waals surface area contributed by atoms with Crippen LogP contribution >= 0.6 is 0 Å². The van der Waals surface area contributed by atoms with Crippen LogP contribution in [0.4, 0.5) is 5.69 Å². The van der Waals surface area contributed by atoms with Crippen molar-refractivity contribution in [3.05, 3.63) is 23.3 Å². The minimum Gasteiger partial charge on any atom is -0.326 e. The van der Waals surface area contributed by atoms with Gasteiger partial charge in [0.15, 0.2) is 0 Å². The number of carbonyl (C=O) groups excluding carboxylic acids is 1. The standard InChI is InChI=1S/C18H29N3O3S/c1-6-21(7-2)25(23,24)16-8-12(3)13(4)17(9-16)20-18(22)14(5)15-10-19-11-15/h8-9,14-15,19H,6-7,10-11H2,1-5H3,(H,20,22). The van der Waals surface area contributed by atoms with Crippen molar-refractivity contribution in [2.24, 2.45) is 11.8 Å². The number of anilines is 1. The fourth-order valence-electron chi connectivity index (χ4n) is 2.94. The summed E-state index contributed by atoms with van der Waals surface area (Å²) in [5.41, 5.74) is 2.32. The van der Waals surface area contributed by atoms with Gasteiger partial charge in [0, 0.05) is 24.7 Å². The molecule has 25 heavy (non-hydrogen) atoms. The topological polar surface area (TPSA) is 78.5 Å². The molecular formula is C18H29N3O3S. The highest BCUT2D eigenvalue weighted by molar-refractivity contribution is 7.89. The minimum absolute atomic E-state index is 0.0635. The lowest BCUT2D eigenvalue weighted by Gasteiger charge is -2.32. The normalized spacial score (nSPS) is 16.6. The predicted molar refractivity (Wildman–Crippen MR) is 100 cm³/mol. The van der Waals surface area contributed by atoms with Crippen LogP contribution in [0.15, 0.2) is 17.0 Å². The highest BCUT2D eigenvalue weighted by atomic mass is 32.2. The van der Waals surface area contributed by atoms with Gasteiger partial charge >= 0.3 is 0 Å². The zero-order chi connectivity index (χ0) is 18.8. The Morgan fingerprint density at radius 1 is 1.28 bits per heavy atom. The van der Waals surface area contributed by atoms with Crippen LogP contribution < -0.4 is 10.6 Å². The molecule has 7 heteroatoms. The van der Waals surface area contributed by atoms with Crippen molar-refractivity contribution in [3.63, 3.8) is 0 Å². The summed E-state index contributed by atoms with van der Waals surface area (Å²) in [5.74, 6) is 0.166. The zero-order valence-corrected chi connectivity index (χ0v) is 16.5. The number of hydrogen-bond donors (Lipinski definition) is 2. The first-order valence-electron chi connectivity index (χ1n) is 8.85. The van der Waals surface area contributed by atoms with E-state index in [1.54, 1.807) is 12.1 Å². The Kier molecular flexibility index (Phi) is 6.24. The molecule has 1 amide bonds. The average Bonchev–Trinajstić information content (AvgIpc) is 2.50. The summed E-state index contributed by atoms with van der Waals surface area (Å²) >= 11 is 0.